The Kier molecular flexibility index (Phi) is 1.46. The number of hydrogen-bond acceptors (Lipinski definition) is 2. The van der Waals surface area contributed by atoms with Crippen molar-refractivity contribution in [3.05, 3.63) is 0 Å². The second kappa shape index (κ2) is 2.34. The lowest BCUT2D eigenvalue weighted by atomic mass is 9.54. The van der Waals surface area contributed by atoms with E-state index in [1.54, 1.807) is 0 Å². The van der Waals surface area contributed by atoms with E-state index in [-0.39, 0.29) is 18.0 Å². The molecule has 78 valence electrons. The third-order valence-electron chi connectivity index (χ3n) is 4.39. The molecule has 2 saturated heterocycles. The SMILES string of the molecule is C[C@]12CC3C[C@@](C)(CC(C1)C(=O)O3)C2. The van der Waals surface area contributed by atoms with Crippen LogP contribution in [-0.2, 0) is 9.53 Å². The Bertz CT molecular complexity index is 279. The minimum atomic E-state index is 0.0853. The average Bonchev–Trinajstić information content (AvgIpc) is 2.09. The Hall–Kier alpha value is -0.530. The maximum Gasteiger partial charge on any atom is 0.309 e. The Morgan fingerprint density at radius 3 is 2.29 bits per heavy atom. The summed E-state index contributed by atoms with van der Waals surface area (Å²) in [6, 6.07) is 0. The van der Waals surface area contributed by atoms with Gasteiger partial charge in [0.05, 0.1) is 5.92 Å². The van der Waals surface area contributed by atoms with E-state index in [0.717, 1.165) is 25.7 Å². The Morgan fingerprint density at radius 1 is 1.14 bits per heavy atom. The highest BCUT2D eigenvalue weighted by atomic mass is 16.5. The molecule has 2 heteroatoms. The number of esters is 1. The lowest BCUT2D eigenvalue weighted by Crippen LogP contribution is -2.43. The Balaban J connectivity index is 2.05. The standard InChI is InChI=1S/C12H18O2/c1-11-3-8-4-12(2,7-11)6-9(5-11)14-10(8)13/h8-9H,3-7H2,1-2H3/t8?,9?,11-,12-/m1/s1. The third kappa shape index (κ3) is 1.12. The molecule has 2 heterocycles. The molecule has 0 spiro atoms. The number of ether oxygens (including phenoxy) is 1. The van der Waals surface area contributed by atoms with Crippen LogP contribution in [0, 0.1) is 16.7 Å². The van der Waals surface area contributed by atoms with E-state index in [2.05, 4.69) is 13.8 Å². The molecule has 0 amide bonds. The van der Waals surface area contributed by atoms with E-state index in [1.165, 1.54) is 6.42 Å². The van der Waals surface area contributed by atoms with E-state index in [1.807, 2.05) is 0 Å². The van der Waals surface area contributed by atoms with E-state index >= 15 is 0 Å². The van der Waals surface area contributed by atoms with Gasteiger partial charge in [0.15, 0.2) is 0 Å². The first kappa shape index (κ1) is 8.75. The molecule has 0 aromatic rings. The minimum absolute atomic E-state index is 0.0853. The van der Waals surface area contributed by atoms with Gasteiger partial charge < -0.3 is 4.74 Å². The summed E-state index contributed by atoms with van der Waals surface area (Å²) in [6.07, 6.45) is 5.86. The quantitative estimate of drug-likeness (QED) is 0.554. The van der Waals surface area contributed by atoms with Gasteiger partial charge in [-0.2, -0.15) is 0 Å². The monoisotopic (exact) mass is 194 g/mol. The van der Waals surface area contributed by atoms with Crippen molar-refractivity contribution in [2.24, 2.45) is 16.7 Å². The van der Waals surface area contributed by atoms with Crippen molar-refractivity contribution in [3.8, 4) is 0 Å². The third-order valence-corrected chi connectivity index (χ3v) is 4.39. The van der Waals surface area contributed by atoms with Gasteiger partial charge >= 0.3 is 5.97 Å². The summed E-state index contributed by atoms with van der Waals surface area (Å²) in [7, 11) is 0. The van der Waals surface area contributed by atoms with E-state index < -0.39 is 0 Å². The molecule has 4 rings (SSSR count). The van der Waals surface area contributed by atoms with Crippen molar-refractivity contribution < 1.29 is 9.53 Å². The molecule has 4 aliphatic rings. The predicted molar refractivity (Wildman–Crippen MR) is 52.7 cm³/mol. The summed E-state index contributed by atoms with van der Waals surface area (Å²) in [5.74, 6) is 0.286. The van der Waals surface area contributed by atoms with Gasteiger partial charge in [-0.25, -0.2) is 0 Å². The van der Waals surface area contributed by atoms with Crippen LogP contribution in [0.1, 0.15) is 46.0 Å². The first-order valence-corrected chi connectivity index (χ1v) is 5.69. The summed E-state index contributed by atoms with van der Waals surface area (Å²) in [4.78, 5) is 11.7. The van der Waals surface area contributed by atoms with Crippen molar-refractivity contribution in [1.82, 2.24) is 0 Å². The van der Waals surface area contributed by atoms with Gasteiger partial charge in [0.2, 0.25) is 0 Å². The molecule has 0 N–H and O–H groups in total. The number of fused-ring (bicyclic) bond motifs is 1. The maximum atomic E-state index is 11.7. The molecule has 0 aromatic carbocycles. The number of rotatable bonds is 0. The van der Waals surface area contributed by atoms with Crippen molar-refractivity contribution in [1.29, 1.82) is 0 Å². The summed E-state index contributed by atoms with van der Waals surface area (Å²) >= 11 is 0. The smallest absolute Gasteiger partial charge is 0.309 e. The van der Waals surface area contributed by atoms with Crippen LogP contribution >= 0.6 is 0 Å². The molecular weight excluding hydrogens is 176 g/mol. The zero-order chi connectivity index (χ0) is 9.97. The summed E-state index contributed by atoms with van der Waals surface area (Å²) in [5.41, 5.74) is 0.763. The molecule has 2 nitrogen and oxygen atoms in total. The fourth-order valence-corrected chi connectivity index (χ4v) is 4.43. The molecule has 14 heavy (non-hydrogen) atoms. The first-order valence-electron chi connectivity index (χ1n) is 5.69. The lowest BCUT2D eigenvalue weighted by molar-refractivity contribution is -0.151. The Labute approximate surface area is 85.0 Å². The zero-order valence-corrected chi connectivity index (χ0v) is 9.01. The predicted octanol–water partition coefficient (Wildman–Crippen LogP) is 2.52. The Morgan fingerprint density at radius 2 is 1.71 bits per heavy atom. The highest BCUT2D eigenvalue weighted by Gasteiger charge is 2.54. The van der Waals surface area contributed by atoms with Gasteiger partial charge in [0, 0.05) is 0 Å². The van der Waals surface area contributed by atoms with Gasteiger partial charge in [-0.3, -0.25) is 4.79 Å². The second-order valence-corrected chi connectivity index (χ2v) is 6.37. The topological polar surface area (TPSA) is 26.3 Å². The van der Waals surface area contributed by atoms with E-state index in [0.29, 0.717) is 10.8 Å². The van der Waals surface area contributed by atoms with Gasteiger partial charge in [-0.1, -0.05) is 13.8 Å². The molecule has 2 saturated carbocycles. The molecule has 4 bridgehead atoms. The van der Waals surface area contributed by atoms with Gasteiger partial charge in [0.1, 0.15) is 6.10 Å². The normalized spacial score (nSPS) is 55.7. The maximum absolute atomic E-state index is 11.7. The lowest BCUT2D eigenvalue weighted by Gasteiger charge is -2.50. The average molecular weight is 194 g/mol. The van der Waals surface area contributed by atoms with Crippen molar-refractivity contribution >= 4 is 5.97 Å². The van der Waals surface area contributed by atoms with Crippen LogP contribution in [0.4, 0.5) is 0 Å². The zero-order valence-electron chi connectivity index (χ0n) is 9.01. The summed E-state index contributed by atoms with van der Waals surface area (Å²) in [5, 5.41) is 0. The highest BCUT2D eigenvalue weighted by Crippen LogP contribution is 2.59. The van der Waals surface area contributed by atoms with Crippen molar-refractivity contribution in [3.63, 3.8) is 0 Å². The van der Waals surface area contributed by atoms with Crippen LogP contribution in [0.25, 0.3) is 0 Å². The van der Waals surface area contributed by atoms with E-state index in [4.69, 9.17) is 4.74 Å². The number of hydrogen-bond donors (Lipinski definition) is 0. The largest absolute Gasteiger partial charge is 0.462 e. The molecule has 0 radical (unpaired) electrons. The van der Waals surface area contributed by atoms with E-state index in [9.17, 15) is 4.79 Å². The molecule has 2 aliphatic heterocycles. The molecule has 4 fully saturated rings. The van der Waals surface area contributed by atoms with Gasteiger partial charge in [0.25, 0.3) is 0 Å². The van der Waals surface area contributed by atoms with Crippen LogP contribution in [0.5, 0.6) is 0 Å². The molecule has 2 atom stereocenters. The number of carbonyl (C=O) groups is 1. The van der Waals surface area contributed by atoms with Gasteiger partial charge in [-0.15, -0.1) is 0 Å². The number of carbonyl (C=O) groups excluding carboxylic acids is 1. The summed E-state index contributed by atoms with van der Waals surface area (Å²) in [6.45, 7) is 4.68. The second-order valence-electron chi connectivity index (χ2n) is 6.37. The van der Waals surface area contributed by atoms with Gasteiger partial charge in [-0.05, 0) is 42.9 Å². The fourth-order valence-electron chi connectivity index (χ4n) is 4.43. The van der Waals surface area contributed by atoms with Crippen LogP contribution in [0.2, 0.25) is 0 Å². The molecular formula is C12H18O2. The van der Waals surface area contributed by atoms with Crippen LogP contribution in [-0.4, -0.2) is 12.1 Å². The van der Waals surface area contributed by atoms with Crippen molar-refractivity contribution in [2.45, 2.75) is 52.1 Å². The molecule has 0 unspecified atom stereocenters. The molecule has 0 aromatic heterocycles. The summed E-state index contributed by atoms with van der Waals surface area (Å²) < 4.78 is 5.53. The fraction of sp³-hybridized carbons (Fsp3) is 0.917. The highest BCUT2D eigenvalue weighted by molar-refractivity contribution is 5.73. The minimum Gasteiger partial charge on any atom is -0.462 e. The van der Waals surface area contributed by atoms with Crippen LogP contribution < -0.4 is 0 Å². The molecule has 2 aliphatic carbocycles. The van der Waals surface area contributed by atoms with Crippen LogP contribution in [0.15, 0.2) is 0 Å². The van der Waals surface area contributed by atoms with Crippen molar-refractivity contribution in [2.75, 3.05) is 0 Å². The first-order chi connectivity index (χ1) is 6.48. The van der Waals surface area contributed by atoms with Crippen LogP contribution in [0.3, 0.4) is 0 Å².